The van der Waals surface area contributed by atoms with E-state index in [-0.39, 0.29) is 12.6 Å². The molecular weight excluding hydrogens is 102 g/mol. The minimum Gasteiger partial charge on any atom is -0.394 e. The number of likely N-dealkylation sites (N-methyl/N-ethyl adjacent to an activating group) is 1. The topological polar surface area (TPSA) is 23.5 Å². The molecule has 2 heteroatoms. The summed E-state index contributed by atoms with van der Waals surface area (Å²) in [5.74, 6) is 0. The van der Waals surface area contributed by atoms with Crippen LogP contribution in [0.4, 0.5) is 0 Å². The van der Waals surface area contributed by atoms with E-state index in [0.29, 0.717) is 0 Å². The normalized spacial score (nSPS) is 29.5. The van der Waals surface area contributed by atoms with Gasteiger partial charge in [-0.1, -0.05) is 12.2 Å². The van der Waals surface area contributed by atoms with Crippen LogP contribution >= 0.6 is 0 Å². The van der Waals surface area contributed by atoms with Crippen LogP contribution in [0, 0.1) is 0 Å². The molecular formula is C6H11NO. The fourth-order valence-electron chi connectivity index (χ4n) is 0.867. The van der Waals surface area contributed by atoms with E-state index in [4.69, 9.17) is 5.11 Å². The lowest BCUT2D eigenvalue weighted by Gasteiger charge is -2.15. The van der Waals surface area contributed by atoms with Crippen LogP contribution in [0.5, 0.6) is 0 Å². The third kappa shape index (κ3) is 0.904. The smallest absolute Gasteiger partial charge is 0.0622 e. The van der Waals surface area contributed by atoms with Crippen molar-refractivity contribution in [2.75, 3.05) is 20.2 Å². The van der Waals surface area contributed by atoms with Crippen molar-refractivity contribution in [3.05, 3.63) is 12.2 Å². The van der Waals surface area contributed by atoms with Gasteiger partial charge in [0.1, 0.15) is 0 Å². The number of hydrogen-bond donors (Lipinski definition) is 1. The monoisotopic (exact) mass is 113 g/mol. The van der Waals surface area contributed by atoms with Crippen molar-refractivity contribution in [3.63, 3.8) is 0 Å². The summed E-state index contributed by atoms with van der Waals surface area (Å²) in [4.78, 5) is 2.10. The van der Waals surface area contributed by atoms with Gasteiger partial charge in [-0.05, 0) is 7.05 Å². The number of hydrogen-bond acceptors (Lipinski definition) is 2. The maximum Gasteiger partial charge on any atom is 0.0622 e. The average molecular weight is 113 g/mol. The Balaban J connectivity index is 2.41. The third-order valence-corrected chi connectivity index (χ3v) is 1.50. The van der Waals surface area contributed by atoms with Crippen molar-refractivity contribution in [2.45, 2.75) is 6.04 Å². The molecule has 1 heterocycles. The second-order valence-electron chi connectivity index (χ2n) is 2.12. The predicted octanol–water partition coefficient (Wildman–Crippen LogP) is -0.151. The van der Waals surface area contributed by atoms with E-state index in [9.17, 15) is 0 Å². The van der Waals surface area contributed by atoms with Gasteiger partial charge in [-0.15, -0.1) is 0 Å². The van der Waals surface area contributed by atoms with Gasteiger partial charge < -0.3 is 5.11 Å². The Morgan fingerprint density at radius 3 is 2.88 bits per heavy atom. The van der Waals surface area contributed by atoms with Crippen LogP contribution in [0.15, 0.2) is 12.2 Å². The summed E-state index contributed by atoms with van der Waals surface area (Å²) < 4.78 is 0. The molecule has 0 fully saturated rings. The molecule has 0 amide bonds. The van der Waals surface area contributed by atoms with Crippen molar-refractivity contribution in [1.82, 2.24) is 4.90 Å². The number of nitrogens with zero attached hydrogens (tertiary/aromatic N) is 1. The van der Waals surface area contributed by atoms with Gasteiger partial charge in [-0.25, -0.2) is 0 Å². The minimum atomic E-state index is 0.243. The summed E-state index contributed by atoms with van der Waals surface area (Å²) in [5, 5.41) is 8.64. The molecule has 0 aromatic rings. The number of aliphatic hydroxyl groups is 1. The summed E-state index contributed by atoms with van der Waals surface area (Å²) in [6.45, 7) is 1.22. The number of rotatable bonds is 1. The zero-order valence-corrected chi connectivity index (χ0v) is 5.04. The zero-order chi connectivity index (χ0) is 5.98. The van der Waals surface area contributed by atoms with E-state index >= 15 is 0 Å². The van der Waals surface area contributed by atoms with Gasteiger partial charge in [0.25, 0.3) is 0 Å². The van der Waals surface area contributed by atoms with Crippen molar-refractivity contribution >= 4 is 0 Å². The highest BCUT2D eigenvalue weighted by Gasteiger charge is 2.12. The summed E-state index contributed by atoms with van der Waals surface area (Å²) >= 11 is 0. The predicted molar refractivity (Wildman–Crippen MR) is 32.6 cm³/mol. The van der Waals surface area contributed by atoms with Crippen molar-refractivity contribution < 1.29 is 5.11 Å². The largest absolute Gasteiger partial charge is 0.394 e. The van der Waals surface area contributed by atoms with Crippen molar-refractivity contribution in [3.8, 4) is 0 Å². The molecule has 0 radical (unpaired) electrons. The molecule has 1 aliphatic rings. The molecule has 0 saturated heterocycles. The maximum absolute atomic E-state index is 8.64. The molecule has 2 nitrogen and oxygen atoms in total. The van der Waals surface area contributed by atoms with Crippen LogP contribution in [0.2, 0.25) is 0 Å². The highest BCUT2D eigenvalue weighted by Crippen LogP contribution is 2.03. The Labute approximate surface area is 49.4 Å². The minimum absolute atomic E-state index is 0.243. The quantitative estimate of drug-likeness (QED) is 0.478. The van der Waals surface area contributed by atoms with Crippen LogP contribution in [0.25, 0.3) is 0 Å². The van der Waals surface area contributed by atoms with Gasteiger partial charge in [-0.2, -0.15) is 0 Å². The lowest BCUT2D eigenvalue weighted by molar-refractivity contribution is 0.199. The molecule has 0 aromatic heterocycles. The Morgan fingerprint density at radius 1 is 1.88 bits per heavy atom. The van der Waals surface area contributed by atoms with Gasteiger partial charge >= 0.3 is 0 Å². The number of aliphatic hydroxyl groups excluding tert-OH is 1. The molecule has 8 heavy (non-hydrogen) atoms. The standard InChI is InChI=1S/C6H11NO/c1-7-4-2-3-6(7)5-8/h2-3,6,8H,4-5H2,1H3/t6-/m1/s1. The molecule has 0 aromatic carbocycles. The van der Waals surface area contributed by atoms with E-state index in [2.05, 4.69) is 11.0 Å². The first-order chi connectivity index (χ1) is 3.84. The fraction of sp³-hybridized carbons (Fsp3) is 0.667. The van der Waals surface area contributed by atoms with Gasteiger partial charge in [0.2, 0.25) is 0 Å². The molecule has 0 aliphatic carbocycles. The molecule has 1 rings (SSSR count). The first-order valence-electron chi connectivity index (χ1n) is 2.82. The van der Waals surface area contributed by atoms with E-state index < -0.39 is 0 Å². The van der Waals surface area contributed by atoms with E-state index in [1.54, 1.807) is 0 Å². The Kier molecular flexibility index (Phi) is 1.65. The van der Waals surface area contributed by atoms with Crippen LogP contribution in [-0.2, 0) is 0 Å². The van der Waals surface area contributed by atoms with Crippen LogP contribution in [0.3, 0.4) is 0 Å². The Hall–Kier alpha value is -0.340. The highest BCUT2D eigenvalue weighted by molar-refractivity contribution is 5.02. The van der Waals surface area contributed by atoms with Crippen LogP contribution in [0.1, 0.15) is 0 Å². The molecule has 46 valence electrons. The fourth-order valence-corrected chi connectivity index (χ4v) is 0.867. The van der Waals surface area contributed by atoms with Gasteiger partial charge in [0.15, 0.2) is 0 Å². The lowest BCUT2D eigenvalue weighted by atomic mass is 10.3. The molecule has 1 N–H and O–H groups in total. The van der Waals surface area contributed by atoms with E-state index in [1.807, 2.05) is 13.1 Å². The summed E-state index contributed by atoms with van der Waals surface area (Å²) in [5.41, 5.74) is 0. The third-order valence-electron chi connectivity index (χ3n) is 1.50. The second kappa shape index (κ2) is 2.29. The summed E-state index contributed by atoms with van der Waals surface area (Å²) in [7, 11) is 2.00. The van der Waals surface area contributed by atoms with E-state index in [1.165, 1.54) is 0 Å². The first kappa shape index (κ1) is 5.79. The summed E-state index contributed by atoms with van der Waals surface area (Å²) in [6.07, 6.45) is 4.10. The van der Waals surface area contributed by atoms with Crippen LogP contribution in [-0.4, -0.2) is 36.2 Å². The second-order valence-corrected chi connectivity index (χ2v) is 2.12. The SMILES string of the molecule is CN1CC=C[C@@H]1CO. The Bertz CT molecular complexity index is 101. The van der Waals surface area contributed by atoms with Gasteiger partial charge in [-0.3, -0.25) is 4.90 Å². The highest BCUT2D eigenvalue weighted by atomic mass is 16.3. The molecule has 0 bridgehead atoms. The molecule has 1 atom stereocenters. The maximum atomic E-state index is 8.64. The molecule has 0 unspecified atom stereocenters. The first-order valence-corrected chi connectivity index (χ1v) is 2.82. The lowest BCUT2D eigenvalue weighted by Crippen LogP contribution is -2.28. The van der Waals surface area contributed by atoms with Gasteiger partial charge in [0, 0.05) is 6.54 Å². The Morgan fingerprint density at radius 2 is 2.62 bits per heavy atom. The molecule has 0 spiro atoms. The molecule has 0 saturated carbocycles. The van der Waals surface area contributed by atoms with Crippen molar-refractivity contribution in [1.29, 1.82) is 0 Å². The van der Waals surface area contributed by atoms with Crippen LogP contribution < -0.4 is 0 Å². The zero-order valence-electron chi connectivity index (χ0n) is 5.04. The van der Waals surface area contributed by atoms with E-state index in [0.717, 1.165) is 6.54 Å². The average Bonchev–Trinajstić information content (AvgIpc) is 2.14. The summed E-state index contributed by atoms with van der Waals surface area (Å²) in [6, 6.07) is 0.273. The molecule has 1 aliphatic heterocycles. The van der Waals surface area contributed by atoms with Gasteiger partial charge in [0.05, 0.1) is 12.6 Å². The van der Waals surface area contributed by atoms with Crippen molar-refractivity contribution in [2.24, 2.45) is 0 Å².